The number of rotatable bonds is 8. The van der Waals surface area contributed by atoms with Crippen LogP contribution < -0.4 is 10.6 Å². The van der Waals surface area contributed by atoms with Crippen LogP contribution in [-0.2, 0) is 9.47 Å². The second-order valence-corrected chi connectivity index (χ2v) is 6.93. The largest absolute Gasteiger partial charge is 0.379 e. The summed E-state index contributed by atoms with van der Waals surface area (Å²) in [6.45, 7) is 6.70. The molecule has 0 spiro atoms. The molecule has 0 radical (unpaired) electrons. The third kappa shape index (κ3) is 6.13. The third-order valence-corrected chi connectivity index (χ3v) is 4.80. The van der Waals surface area contributed by atoms with Gasteiger partial charge in [0, 0.05) is 33.4 Å². The molecule has 0 aromatic rings. The molecule has 0 aromatic carbocycles. The summed E-state index contributed by atoms with van der Waals surface area (Å²) in [5.41, 5.74) is 0.446. The maximum Gasteiger partial charge on any atom is 0.190 e. The van der Waals surface area contributed by atoms with Crippen molar-refractivity contribution >= 4 is 5.96 Å². The van der Waals surface area contributed by atoms with Crippen molar-refractivity contribution in [3.05, 3.63) is 0 Å². The highest BCUT2D eigenvalue weighted by atomic mass is 16.5. The van der Waals surface area contributed by atoms with E-state index in [2.05, 4.69) is 22.5 Å². The van der Waals surface area contributed by atoms with Gasteiger partial charge in [-0.1, -0.05) is 19.8 Å². The van der Waals surface area contributed by atoms with Crippen LogP contribution in [0, 0.1) is 5.41 Å². The molecule has 1 saturated carbocycles. The van der Waals surface area contributed by atoms with E-state index in [1.54, 1.807) is 0 Å². The zero-order valence-corrected chi connectivity index (χ0v) is 14.3. The zero-order chi connectivity index (χ0) is 15.7. The molecule has 5 nitrogen and oxygen atoms in total. The molecule has 1 atom stereocenters. The van der Waals surface area contributed by atoms with Crippen LogP contribution in [0.25, 0.3) is 0 Å². The number of nitrogens with zero attached hydrogens (tertiary/aromatic N) is 1. The first kappa shape index (κ1) is 17.5. The van der Waals surface area contributed by atoms with E-state index in [1.165, 1.54) is 32.1 Å². The van der Waals surface area contributed by atoms with E-state index in [0.717, 1.165) is 51.7 Å². The first-order chi connectivity index (χ1) is 10.7. The first-order valence-electron chi connectivity index (χ1n) is 8.86. The molecule has 1 aliphatic carbocycles. The molecule has 2 fully saturated rings. The number of hydrogen-bond donors (Lipinski definition) is 2. The minimum Gasteiger partial charge on any atom is -0.379 e. The fraction of sp³-hybridized carbons (Fsp3) is 0.941. The molecule has 0 aromatic heterocycles. The van der Waals surface area contributed by atoms with Crippen molar-refractivity contribution in [3.63, 3.8) is 0 Å². The van der Waals surface area contributed by atoms with Gasteiger partial charge in [0.1, 0.15) is 0 Å². The number of ether oxygens (including phenoxy) is 2. The lowest BCUT2D eigenvalue weighted by molar-refractivity contribution is 0.0168. The highest BCUT2D eigenvalue weighted by Crippen LogP contribution is 2.36. The molecule has 0 amide bonds. The molecular formula is C17H33N3O2. The summed E-state index contributed by atoms with van der Waals surface area (Å²) in [7, 11) is 1.83. The fourth-order valence-electron chi connectivity index (χ4n) is 3.29. The zero-order valence-electron chi connectivity index (χ0n) is 14.3. The second-order valence-electron chi connectivity index (χ2n) is 6.93. The molecule has 1 aliphatic heterocycles. The number of guanidine groups is 1. The minimum atomic E-state index is 0.328. The van der Waals surface area contributed by atoms with Gasteiger partial charge in [0.2, 0.25) is 0 Å². The van der Waals surface area contributed by atoms with Crippen molar-refractivity contribution in [1.29, 1.82) is 0 Å². The van der Waals surface area contributed by atoms with E-state index in [0.29, 0.717) is 11.5 Å². The van der Waals surface area contributed by atoms with Crippen LogP contribution in [0.4, 0.5) is 0 Å². The van der Waals surface area contributed by atoms with Crippen LogP contribution in [-0.4, -0.2) is 52.0 Å². The lowest BCUT2D eigenvalue weighted by Gasteiger charge is -2.25. The van der Waals surface area contributed by atoms with Crippen LogP contribution in [0.15, 0.2) is 4.99 Å². The summed E-state index contributed by atoms with van der Waals surface area (Å²) in [5, 5.41) is 6.83. The highest BCUT2D eigenvalue weighted by Gasteiger charge is 2.28. The molecule has 0 bridgehead atoms. The topological polar surface area (TPSA) is 54.9 Å². The fourth-order valence-corrected chi connectivity index (χ4v) is 3.29. The van der Waals surface area contributed by atoms with Crippen LogP contribution >= 0.6 is 0 Å². The van der Waals surface area contributed by atoms with Gasteiger partial charge in [-0.05, 0) is 37.5 Å². The molecule has 5 heteroatoms. The monoisotopic (exact) mass is 311 g/mol. The average Bonchev–Trinajstić information content (AvgIpc) is 3.18. The summed E-state index contributed by atoms with van der Waals surface area (Å²) in [6.07, 6.45) is 9.03. The standard InChI is InChI=1S/C17H33N3O2/c1-17(8-3-4-9-17)14-20-16(18-2)19-10-6-11-21-13-15-7-5-12-22-15/h15H,3-14H2,1-2H3,(H2,18,19,20). The van der Waals surface area contributed by atoms with Gasteiger partial charge >= 0.3 is 0 Å². The van der Waals surface area contributed by atoms with Crippen molar-refractivity contribution in [2.75, 3.05) is 40.0 Å². The van der Waals surface area contributed by atoms with Crippen LogP contribution in [0.3, 0.4) is 0 Å². The van der Waals surface area contributed by atoms with Crippen molar-refractivity contribution < 1.29 is 9.47 Å². The van der Waals surface area contributed by atoms with Gasteiger partial charge in [-0.15, -0.1) is 0 Å². The molecule has 2 N–H and O–H groups in total. The Kier molecular flexibility index (Phi) is 7.46. The Morgan fingerprint density at radius 1 is 1.27 bits per heavy atom. The van der Waals surface area contributed by atoms with Crippen molar-refractivity contribution in [1.82, 2.24) is 10.6 Å². The molecular weight excluding hydrogens is 278 g/mol. The Labute approximate surface area is 135 Å². The molecule has 2 rings (SSSR count). The van der Waals surface area contributed by atoms with E-state index in [9.17, 15) is 0 Å². The molecule has 2 aliphatic rings. The van der Waals surface area contributed by atoms with E-state index in [4.69, 9.17) is 9.47 Å². The summed E-state index contributed by atoms with van der Waals surface area (Å²) >= 11 is 0. The van der Waals surface area contributed by atoms with Gasteiger partial charge in [0.15, 0.2) is 5.96 Å². The third-order valence-electron chi connectivity index (χ3n) is 4.80. The predicted molar refractivity (Wildman–Crippen MR) is 90.3 cm³/mol. The smallest absolute Gasteiger partial charge is 0.190 e. The first-order valence-corrected chi connectivity index (χ1v) is 8.86. The van der Waals surface area contributed by atoms with Crippen molar-refractivity contribution in [2.24, 2.45) is 10.4 Å². The lowest BCUT2D eigenvalue weighted by Crippen LogP contribution is -2.42. The molecule has 22 heavy (non-hydrogen) atoms. The maximum absolute atomic E-state index is 5.67. The van der Waals surface area contributed by atoms with Crippen LogP contribution in [0.1, 0.15) is 51.9 Å². The summed E-state index contributed by atoms with van der Waals surface area (Å²) in [6, 6.07) is 0. The summed E-state index contributed by atoms with van der Waals surface area (Å²) in [5.74, 6) is 0.909. The normalized spacial score (nSPS) is 24.6. The highest BCUT2D eigenvalue weighted by molar-refractivity contribution is 5.79. The van der Waals surface area contributed by atoms with Crippen LogP contribution in [0.2, 0.25) is 0 Å². The lowest BCUT2D eigenvalue weighted by atomic mass is 9.89. The van der Waals surface area contributed by atoms with E-state index in [1.807, 2.05) is 7.05 Å². The van der Waals surface area contributed by atoms with E-state index < -0.39 is 0 Å². The van der Waals surface area contributed by atoms with Gasteiger partial charge < -0.3 is 20.1 Å². The maximum atomic E-state index is 5.67. The average molecular weight is 311 g/mol. The van der Waals surface area contributed by atoms with Gasteiger partial charge in [0.25, 0.3) is 0 Å². The molecule has 1 heterocycles. The molecule has 1 unspecified atom stereocenters. The van der Waals surface area contributed by atoms with Gasteiger partial charge in [0.05, 0.1) is 12.7 Å². The van der Waals surface area contributed by atoms with E-state index >= 15 is 0 Å². The number of aliphatic imine (C=N–C) groups is 1. The summed E-state index contributed by atoms with van der Waals surface area (Å²) < 4.78 is 11.2. The SMILES string of the molecule is CN=C(NCCCOCC1CCCO1)NCC1(C)CCCC1. The minimum absolute atomic E-state index is 0.328. The number of nitrogens with one attached hydrogen (secondary N) is 2. The van der Waals surface area contributed by atoms with Gasteiger partial charge in [-0.3, -0.25) is 4.99 Å². The van der Waals surface area contributed by atoms with Gasteiger partial charge in [-0.2, -0.15) is 0 Å². The quantitative estimate of drug-likeness (QED) is 0.410. The second kappa shape index (κ2) is 9.36. The Bertz CT molecular complexity index is 335. The van der Waals surface area contributed by atoms with Crippen molar-refractivity contribution in [2.45, 2.75) is 58.0 Å². The Morgan fingerprint density at radius 2 is 2.09 bits per heavy atom. The number of hydrogen-bond acceptors (Lipinski definition) is 3. The Hall–Kier alpha value is -0.810. The van der Waals surface area contributed by atoms with Gasteiger partial charge in [-0.25, -0.2) is 0 Å². The van der Waals surface area contributed by atoms with Crippen molar-refractivity contribution in [3.8, 4) is 0 Å². The van der Waals surface area contributed by atoms with Crippen LogP contribution in [0.5, 0.6) is 0 Å². The Morgan fingerprint density at radius 3 is 2.77 bits per heavy atom. The predicted octanol–water partition coefficient (Wildman–Crippen LogP) is 2.32. The Balaban J connectivity index is 1.49. The summed E-state index contributed by atoms with van der Waals surface area (Å²) in [4.78, 5) is 4.29. The van der Waals surface area contributed by atoms with E-state index in [-0.39, 0.29) is 0 Å². The molecule has 128 valence electrons. The molecule has 1 saturated heterocycles.